The molecule has 1 heterocycles. The van der Waals surface area contributed by atoms with Crippen LogP contribution in [-0.2, 0) is 0 Å². The Bertz CT molecular complexity index is 509. The van der Waals surface area contributed by atoms with E-state index in [0.717, 1.165) is 4.90 Å². The Morgan fingerprint density at radius 3 is 2.69 bits per heavy atom. The van der Waals surface area contributed by atoms with Crippen LogP contribution >= 0.6 is 11.8 Å². The average Bonchev–Trinajstić information content (AvgIpc) is 2.24. The van der Waals surface area contributed by atoms with Gasteiger partial charge in [0.2, 0.25) is 0 Å². The number of aryl methyl sites for hydroxylation is 2. The van der Waals surface area contributed by atoms with Gasteiger partial charge in [-0.15, -0.1) is 0 Å². The first-order valence-corrected chi connectivity index (χ1v) is 5.93. The number of anilines is 1. The minimum Gasteiger partial charge on any atom is -0.384 e. The van der Waals surface area contributed by atoms with E-state index >= 15 is 0 Å². The van der Waals surface area contributed by atoms with Gasteiger partial charge in [0.1, 0.15) is 5.82 Å². The number of benzene rings is 1. The topological polar surface area (TPSA) is 38.9 Å². The fourth-order valence-electron chi connectivity index (χ4n) is 1.44. The lowest BCUT2D eigenvalue weighted by molar-refractivity contribution is 1.24. The molecule has 82 valence electrons. The molecule has 2 rings (SSSR count). The van der Waals surface area contributed by atoms with Gasteiger partial charge in [-0.3, -0.25) is 0 Å². The van der Waals surface area contributed by atoms with Gasteiger partial charge in [-0.05, 0) is 43.2 Å². The van der Waals surface area contributed by atoms with E-state index in [-0.39, 0.29) is 0 Å². The summed E-state index contributed by atoms with van der Waals surface area (Å²) < 4.78 is 0. The second-order valence-corrected chi connectivity index (χ2v) is 4.90. The van der Waals surface area contributed by atoms with Crippen molar-refractivity contribution in [2.75, 3.05) is 5.73 Å². The standard InChI is InChI=1S/C13H14N2S/c1-9-3-4-10(2)12(7-9)16-11-5-6-15-13(14)8-11/h3-8H,1-2H3,(H2,14,15). The van der Waals surface area contributed by atoms with Crippen molar-refractivity contribution in [1.82, 2.24) is 4.98 Å². The van der Waals surface area contributed by atoms with E-state index in [1.54, 1.807) is 18.0 Å². The van der Waals surface area contributed by atoms with Gasteiger partial charge in [0.25, 0.3) is 0 Å². The first kappa shape index (κ1) is 11.0. The molecule has 0 saturated heterocycles. The molecule has 0 aliphatic rings. The van der Waals surface area contributed by atoms with Gasteiger partial charge in [-0.2, -0.15) is 0 Å². The summed E-state index contributed by atoms with van der Waals surface area (Å²) in [5, 5.41) is 0. The van der Waals surface area contributed by atoms with E-state index in [9.17, 15) is 0 Å². The van der Waals surface area contributed by atoms with Crippen LogP contribution < -0.4 is 5.73 Å². The van der Waals surface area contributed by atoms with E-state index < -0.39 is 0 Å². The molecule has 1 aromatic heterocycles. The zero-order valence-electron chi connectivity index (χ0n) is 9.40. The smallest absolute Gasteiger partial charge is 0.124 e. The third-order valence-corrected chi connectivity index (χ3v) is 3.47. The van der Waals surface area contributed by atoms with Crippen LogP contribution in [0.15, 0.2) is 46.3 Å². The molecule has 2 aromatic rings. The minimum atomic E-state index is 0.565. The van der Waals surface area contributed by atoms with Crippen molar-refractivity contribution >= 4 is 17.6 Å². The van der Waals surface area contributed by atoms with Gasteiger partial charge in [0.15, 0.2) is 0 Å². The summed E-state index contributed by atoms with van der Waals surface area (Å²) in [5.74, 6) is 0.565. The van der Waals surface area contributed by atoms with E-state index in [2.05, 4.69) is 37.0 Å². The number of nitrogens with two attached hydrogens (primary N) is 1. The molecule has 2 nitrogen and oxygen atoms in total. The quantitative estimate of drug-likeness (QED) is 0.859. The lowest BCUT2D eigenvalue weighted by atomic mass is 10.2. The van der Waals surface area contributed by atoms with Gasteiger partial charge in [0.05, 0.1) is 0 Å². The average molecular weight is 230 g/mol. The van der Waals surface area contributed by atoms with Crippen molar-refractivity contribution in [2.45, 2.75) is 23.6 Å². The predicted octanol–water partition coefficient (Wildman–Crippen LogP) is 3.43. The number of nitrogens with zero attached hydrogens (tertiary/aromatic N) is 1. The predicted molar refractivity (Wildman–Crippen MR) is 68.7 cm³/mol. The van der Waals surface area contributed by atoms with Gasteiger partial charge in [-0.25, -0.2) is 4.98 Å². The highest BCUT2D eigenvalue weighted by Crippen LogP contribution is 2.31. The van der Waals surface area contributed by atoms with Gasteiger partial charge < -0.3 is 5.73 Å². The highest BCUT2D eigenvalue weighted by atomic mass is 32.2. The monoisotopic (exact) mass is 230 g/mol. The van der Waals surface area contributed by atoms with Crippen molar-refractivity contribution in [2.24, 2.45) is 0 Å². The van der Waals surface area contributed by atoms with Crippen LogP contribution in [0.2, 0.25) is 0 Å². The maximum atomic E-state index is 5.66. The van der Waals surface area contributed by atoms with Crippen molar-refractivity contribution in [1.29, 1.82) is 0 Å². The summed E-state index contributed by atoms with van der Waals surface area (Å²) >= 11 is 1.72. The van der Waals surface area contributed by atoms with Crippen molar-refractivity contribution in [3.8, 4) is 0 Å². The van der Waals surface area contributed by atoms with E-state index in [4.69, 9.17) is 5.73 Å². The first-order valence-electron chi connectivity index (χ1n) is 5.12. The summed E-state index contributed by atoms with van der Waals surface area (Å²) in [6, 6.07) is 10.3. The minimum absolute atomic E-state index is 0.565. The molecule has 2 N–H and O–H groups in total. The molecule has 0 spiro atoms. The van der Waals surface area contributed by atoms with Crippen LogP contribution in [0.25, 0.3) is 0 Å². The molecule has 3 heteroatoms. The fourth-order valence-corrected chi connectivity index (χ4v) is 2.47. The van der Waals surface area contributed by atoms with Crippen LogP contribution in [0.4, 0.5) is 5.82 Å². The van der Waals surface area contributed by atoms with E-state index in [0.29, 0.717) is 5.82 Å². The highest BCUT2D eigenvalue weighted by Gasteiger charge is 2.02. The Hall–Kier alpha value is -1.48. The largest absolute Gasteiger partial charge is 0.384 e. The Kier molecular flexibility index (Phi) is 3.15. The Morgan fingerprint density at radius 1 is 1.12 bits per heavy atom. The van der Waals surface area contributed by atoms with E-state index in [1.165, 1.54) is 16.0 Å². The summed E-state index contributed by atoms with van der Waals surface area (Å²) in [4.78, 5) is 6.38. The second kappa shape index (κ2) is 4.58. The molecule has 0 unspecified atom stereocenters. The van der Waals surface area contributed by atoms with Gasteiger partial charge in [0, 0.05) is 16.0 Å². The lowest BCUT2D eigenvalue weighted by Crippen LogP contribution is -1.89. The van der Waals surface area contributed by atoms with Crippen molar-refractivity contribution < 1.29 is 0 Å². The van der Waals surface area contributed by atoms with Crippen LogP contribution in [-0.4, -0.2) is 4.98 Å². The van der Waals surface area contributed by atoms with Crippen molar-refractivity contribution in [3.63, 3.8) is 0 Å². The second-order valence-electron chi connectivity index (χ2n) is 3.79. The zero-order chi connectivity index (χ0) is 11.5. The molecule has 0 saturated carbocycles. The third kappa shape index (κ3) is 2.55. The van der Waals surface area contributed by atoms with E-state index in [1.807, 2.05) is 12.1 Å². The number of hydrogen-bond acceptors (Lipinski definition) is 3. The normalized spacial score (nSPS) is 10.4. The molecule has 0 amide bonds. The lowest BCUT2D eigenvalue weighted by Gasteiger charge is -2.06. The van der Waals surface area contributed by atoms with Crippen molar-refractivity contribution in [3.05, 3.63) is 47.7 Å². The van der Waals surface area contributed by atoms with Gasteiger partial charge >= 0.3 is 0 Å². The Morgan fingerprint density at radius 2 is 1.94 bits per heavy atom. The molecule has 0 atom stereocenters. The molecular weight excluding hydrogens is 216 g/mol. The molecule has 0 aliphatic carbocycles. The molecule has 1 aromatic carbocycles. The summed E-state index contributed by atoms with van der Waals surface area (Å²) in [7, 11) is 0. The number of nitrogen functional groups attached to an aromatic ring is 1. The van der Waals surface area contributed by atoms with Crippen LogP contribution in [0.3, 0.4) is 0 Å². The Labute approximate surface area is 99.9 Å². The van der Waals surface area contributed by atoms with Crippen LogP contribution in [0.1, 0.15) is 11.1 Å². The number of pyridine rings is 1. The zero-order valence-corrected chi connectivity index (χ0v) is 10.2. The Balaban J connectivity index is 2.30. The maximum absolute atomic E-state index is 5.66. The number of rotatable bonds is 2. The number of hydrogen-bond donors (Lipinski definition) is 1. The first-order chi connectivity index (χ1) is 7.65. The summed E-state index contributed by atoms with van der Waals surface area (Å²) in [6.07, 6.45) is 1.74. The third-order valence-electron chi connectivity index (χ3n) is 2.32. The molecule has 16 heavy (non-hydrogen) atoms. The molecule has 0 fully saturated rings. The number of aromatic nitrogens is 1. The van der Waals surface area contributed by atoms with Crippen LogP contribution in [0, 0.1) is 13.8 Å². The molecule has 0 aliphatic heterocycles. The fraction of sp³-hybridized carbons (Fsp3) is 0.154. The molecule has 0 bridgehead atoms. The molecular formula is C13H14N2S. The van der Waals surface area contributed by atoms with Gasteiger partial charge in [-0.1, -0.05) is 23.9 Å². The SMILES string of the molecule is Cc1ccc(C)c(Sc2ccnc(N)c2)c1. The summed E-state index contributed by atoms with van der Waals surface area (Å²) in [5.41, 5.74) is 8.21. The van der Waals surface area contributed by atoms with Crippen LogP contribution in [0.5, 0.6) is 0 Å². The summed E-state index contributed by atoms with van der Waals surface area (Å²) in [6.45, 7) is 4.22. The maximum Gasteiger partial charge on any atom is 0.124 e. The molecule has 0 radical (unpaired) electrons. The highest BCUT2D eigenvalue weighted by molar-refractivity contribution is 7.99.